The fraction of sp³-hybridized carbons (Fsp3) is 0.538. The van der Waals surface area contributed by atoms with Crippen molar-refractivity contribution in [2.24, 2.45) is 11.7 Å². The summed E-state index contributed by atoms with van der Waals surface area (Å²) < 4.78 is 5.67. The summed E-state index contributed by atoms with van der Waals surface area (Å²) in [6, 6.07) is 8.27. The lowest BCUT2D eigenvalue weighted by Gasteiger charge is -2.12. The Hall–Kier alpha value is -1.02. The Bertz CT molecular complexity index is 296. The van der Waals surface area contributed by atoms with Gasteiger partial charge < -0.3 is 10.5 Å². The van der Waals surface area contributed by atoms with E-state index in [1.165, 1.54) is 5.56 Å². The smallest absolute Gasteiger partial charge is 0.119 e. The van der Waals surface area contributed by atoms with E-state index in [4.69, 9.17) is 10.5 Å². The molecule has 0 heterocycles. The standard InChI is InChI=1S/C13H21NO/c1-10(2)12-5-4-6-13(7-12)15-9-11(3)8-14/h4-7,10-11H,8-9,14H2,1-3H3. The minimum atomic E-state index is 0.410. The molecule has 2 heteroatoms. The average molecular weight is 207 g/mol. The zero-order valence-electron chi connectivity index (χ0n) is 9.86. The Labute approximate surface area is 92.4 Å². The maximum atomic E-state index is 5.67. The molecule has 1 aromatic carbocycles. The molecule has 0 fully saturated rings. The average Bonchev–Trinajstić information content (AvgIpc) is 2.26. The van der Waals surface area contributed by atoms with Crippen LogP contribution in [0.25, 0.3) is 0 Å². The van der Waals surface area contributed by atoms with Crippen molar-refractivity contribution in [2.75, 3.05) is 13.2 Å². The van der Waals surface area contributed by atoms with Crippen molar-refractivity contribution in [3.05, 3.63) is 29.8 Å². The van der Waals surface area contributed by atoms with Crippen LogP contribution < -0.4 is 10.5 Å². The summed E-state index contributed by atoms with van der Waals surface area (Å²) in [5.74, 6) is 1.90. The highest BCUT2D eigenvalue weighted by molar-refractivity contribution is 5.30. The van der Waals surface area contributed by atoms with Crippen LogP contribution in [0.5, 0.6) is 5.75 Å². The van der Waals surface area contributed by atoms with Crippen LogP contribution in [-0.2, 0) is 0 Å². The molecule has 0 saturated heterocycles. The fourth-order valence-electron chi connectivity index (χ4n) is 1.27. The number of hydrogen-bond acceptors (Lipinski definition) is 2. The molecule has 0 bridgehead atoms. The zero-order valence-corrected chi connectivity index (χ0v) is 9.86. The zero-order chi connectivity index (χ0) is 11.3. The van der Waals surface area contributed by atoms with Gasteiger partial charge >= 0.3 is 0 Å². The highest BCUT2D eigenvalue weighted by atomic mass is 16.5. The third-order valence-electron chi connectivity index (χ3n) is 2.46. The van der Waals surface area contributed by atoms with Crippen molar-refractivity contribution < 1.29 is 4.74 Å². The number of hydrogen-bond donors (Lipinski definition) is 1. The summed E-state index contributed by atoms with van der Waals surface area (Å²) >= 11 is 0. The van der Waals surface area contributed by atoms with Gasteiger partial charge in [0.15, 0.2) is 0 Å². The lowest BCUT2D eigenvalue weighted by atomic mass is 10.0. The van der Waals surface area contributed by atoms with Crippen LogP contribution >= 0.6 is 0 Å². The fourth-order valence-corrected chi connectivity index (χ4v) is 1.27. The Morgan fingerprint density at radius 1 is 1.27 bits per heavy atom. The summed E-state index contributed by atoms with van der Waals surface area (Å²) in [4.78, 5) is 0. The van der Waals surface area contributed by atoms with Crippen molar-refractivity contribution in [2.45, 2.75) is 26.7 Å². The van der Waals surface area contributed by atoms with Gasteiger partial charge in [0, 0.05) is 5.92 Å². The van der Waals surface area contributed by atoms with Crippen molar-refractivity contribution in [1.82, 2.24) is 0 Å². The first-order valence-electron chi connectivity index (χ1n) is 5.56. The summed E-state index contributed by atoms with van der Waals surface area (Å²) in [6.07, 6.45) is 0. The lowest BCUT2D eigenvalue weighted by Crippen LogP contribution is -2.18. The van der Waals surface area contributed by atoms with E-state index in [2.05, 4.69) is 32.9 Å². The van der Waals surface area contributed by atoms with Gasteiger partial charge in [0.25, 0.3) is 0 Å². The van der Waals surface area contributed by atoms with Gasteiger partial charge in [0.05, 0.1) is 6.61 Å². The third-order valence-corrected chi connectivity index (χ3v) is 2.46. The summed E-state index contributed by atoms with van der Waals surface area (Å²) in [5.41, 5.74) is 6.85. The molecule has 0 aliphatic rings. The minimum Gasteiger partial charge on any atom is -0.493 e. The van der Waals surface area contributed by atoms with Gasteiger partial charge in [-0.1, -0.05) is 32.9 Å². The third kappa shape index (κ3) is 3.92. The molecule has 0 aliphatic carbocycles. The minimum absolute atomic E-state index is 0.410. The highest BCUT2D eigenvalue weighted by Gasteiger charge is 2.03. The molecule has 2 N–H and O–H groups in total. The van der Waals surface area contributed by atoms with Crippen molar-refractivity contribution in [3.63, 3.8) is 0 Å². The second-order valence-corrected chi connectivity index (χ2v) is 4.38. The van der Waals surface area contributed by atoms with E-state index in [1.807, 2.05) is 12.1 Å². The molecule has 0 radical (unpaired) electrons. The quantitative estimate of drug-likeness (QED) is 0.805. The van der Waals surface area contributed by atoms with E-state index in [0.29, 0.717) is 25.0 Å². The molecular formula is C13H21NO. The molecule has 15 heavy (non-hydrogen) atoms. The van der Waals surface area contributed by atoms with Gasteiger partial charge in [0.1, 0.15) is 5.75 Å². The largest absolute Gasteiger partial charge is 0.493 e. The van der Waals surface area contributed by atoms with Gasteiger partial charge in [-0.25, -0.2) is 0 Å². The van der Waals surface area contributed by atoms with Crippen LogP contribution in [0.2, 0.25) is 0 Å². The summed E-state index contributed by atoms with van der Waals surface area (Å²) in [6.45, 7) is 7.82. The SMILES string of the molecule is CC(CN)COc1cccc(C(C)C)c1. The van der Waals surface area contributed by atoms with Gasteiger partial charge in [0.2, 0.25) is 0 Å². The highest BCUT2D eigenvalue weighted by Crippen LogP contribution is 2.20. The number of ether oxygens (including phenoxy) is 1. The molecular weight excluding hydrogens is 186 g/mol. The topological polar surface area (TPSA) is 35.2 Å². The molecule has 1 rings (SSSR count). The van der Waals surface area contributed by atoms with E-state index in [9.17, 15) is 0 Å². The van der Waals surface area contributed by atoms with Crippen LogP contribution in [0, 0.1) is 5.92 Å². The van der Waals surface area contributed by atoms with Crippen LogP contribution in [0.3, 0.4) is 0 Å². The molecule has 0 spiro atoms. The first-order chi connectivity index (χ1) is 7.13. The van der Waals surface area contributed by atoms with Gasteiger partial charge in [-0.3, -0.25) is 0 Å². The molecule has 0 saturated carbocycles. The monoisotopic (exact) mass is 207 g/mol. The van der Waals surface area contributed by atoms with E-state index < -0.39 is 0 Å². The Balaban J connectivity index is 2.58. The molecule has 84 valence electrons. The number of benzene rings is 1. The molecule has 0 amide bonds. The van der Waals surface area contributed by atoms with Crippen LogP contribution in [0.1, 0.15) is 32.3 Å². The predicted molar refractivity (Wildman–Crippen MR) is 64.2 cm³/mol. The van der Waals surface area contributed by atoms with Crippen LogP contribution in [0.15, 0.2) is 24.3 Å². The molecule has 0 aliphatic heterocycles. The van der Waals surface area contributed by atoms with E-state index >= 15 is 0 Å². The first-order valence-corrected chi connectivity index (χ1v) is 5.56. The van der Waals surface area contributed by atoms with Gasteiger partial charge in [-0.2, -0.15) is 0 Å². The molecule has 1 unspecified atom stereocenters. The maximum Gasteiger partial charge on any atom is 0.119 e. The van der Waals surface area contributed by atoms with Crippen LogP contribution in [-0.4, -0.2) is 13.2 Å². The number of nitrogens with two attached hydrogens (primary N) is 1. The lowest BCUT2D eigenvalue weighted by molar-refractivity contribution is 0.263. The second-order valence-electron chi connectivity index (χ2n) is 4.38. The van der Waals surface area contributed by atoms with Gasteiger partial charge in [-0.15, -0.1) is 0 Å². The van der Waals surface area contributed by atoms with E-state index in [0.717, 1.165) is 5.75 Å². The predicted octanol–water partition coefficient (Wildman–Crippen LogP) is 2.78. The molecule has 1 aromatic rings. The van der Waals surface area contributed by atoms with E-state index in [-0.39, 0.29) is 0 Å². The van der Waals surface area contributed by atoms with Crippen molar-refractivity contribution >= 4 is 0 Å². The van der Waals surface area contributed by atoms with Gasteiger partial charge in [-0.05, 0) is 30.2 Å². The molecule has 0 aromatic heterocycles. The van der Waals surface area contributed by atoms with Crippen molar-refractivity contribution in [3.8, 4) is 5.75 Å². The number of rotatable bonds is 5. The Morgan fingerprint density at radius 3 is 2.60 bits per heavy atom. The maximum absolute atomic E-state index is 5.67. The second kappa shape index (κ2) is 5.76. The summed E-state index contributed by atoms with van der Waals surface area (Å²) in [5, 5.41) is 0. The normalized spacial score (nSPS) is 12.9. The van der Waals surface area contributed by atoms with E-state index in [1.54, 1.807) is 0 Å². The Morgan fingerprint density at radius 2 is 2.00 bits per heavy atom. The van der Waals surface area contributed by atoms with Crippen molar-refractivity contribution in [1.29, 1.82) is 0 Å². The van der Waals surface area contributed by atoms with Crippen LogP contribution in [0.4, 0.5) is 0 Å². The Kier molecular flexibility index (Phi) is 4.63. The summed E-state index contributed by atoms with van der Waals surface area (Å²) in [7, 11) is 0. The molecule has 1 atom stereocenters. The molecule has 2 nitrogen and oxygen atoms in total. The first kappa shape index (κ1) is 12.1.